The molecule has 35 heavy (non-hydrogen) atoms. The predicted molar refractivity (Wildman–Crippen MR) is 147 cm³/mol. The molecule has 0 aliphatic heterocycles. The van der Waals surface area contributed by atoms with Gasteiger partial charge in [0, 0.05) is 23.2 Å². The summed E-state index contributed by atoms with van der Waals surface area (Å²) < 4.78 is 2.20. The summed E-state index contributed by atoms with van der Waals surface area (Å²) in [6.07, 6.45) is 3.93. The Balaban J connectivity index is 1.59. The van der Waals surface area contributed by atoms with Crippen LogP contribution in [0, 0.1) is 0 Å². The Morgan fingerprint density at radius 2 is 1.11 bits per heavy atom. The molecule has 0 unspecified atom stereocenters. The molecule has 7 rings (SSSR count). The van der Waals surface area contributed by atoms with Crippen molar-refractivity contribution in [2.75, 3.05) is 0 Å². The molecule has 0 N–H and O–H groups in total. The van der Waals surface area contributed by atoms with Crippen molar-refractivity contribution in [2.45, 2.75) is 0 Å². The number of hydrogen-bond donors (Lipinski definition) is 0. The Labute approximate surface area is 203 Å². The second kappa shape index (κ2) is 7.96. The zero-order valence-corrected chi connectivity index (χ0v) is 19.1. The van der Waals surface area contributed by atoms with Gasteiger partial charge in [-0.15, -0.1) is 0 Å². The topological polar surface area (TPSA) is 17.3 Å². The first-order valence-electron chi connectivity index (χ1n) is 11.9. The molecule has 164 valence electrons. The summed E-state index contributed by atoms with van der Waals surface area (Å²) in [6.45, 7) is 0. The van der Waals surface area contributed by atoms with E-state index in [1.165, 1.54) is 55.1 Å². The SMILES string of the molecule is c1ccc(-c2cccc(-c3ccccc3)c2-c2ccc3c(c2)c2ccccc2c2nccn32)cc1. The van der Waals surface area contributed by atoms with Crippen LogP contribution in [-0.4, -0.2) is 9.38 Å². The summed E-state index contributed by atoms with van der Waals surface area (Å²) >= 11 is 0. The number of rotatable bonds is 3. The molecule has 0 aliphatic carbocycles. The third-order valence-electron chi connectivity index (χ3n) is 6.88. The maximum Gasteiger partial charge on any atom is 0.145 e. The molecule has 5 aromatic carbocycles. The van der Waals surface area contributed by atoms with Gasteiger partial charge >= 0.3 is 0 Å². The third-order valence-corrected chi connectivity index (χ3v) is 6.88. The molecule has 2 heteroatoms. The van der Waals surface area contributed by atoms with Crippen LogP contribution < -0.4 is 0 Å². The van der Waals surface area contributed by atoms with Gasteiger partial charge in [0.2, 0.25) is 0 Å². The first-order chi connectivity index (χ1) is 17.4. The van der Waals surface area contributed by atoms with E-state index in [0.29, 0.717) is 0 Å². The Bertz CT molecular complexity index is 1770. The monoisotopic (exact) mass is 446 g/mol. The highest BCUT2D eigenvalue weighted by molar-refractivity contribution is 6.13. The van der Waals surface area contributed by atoms with Crippen molar-refractivity contribution >= 4 is 27.3 Å². The highest BCUT2D eigenvalue weighted by Crippen LogP contribution is 2.41. The molecule has 0 fully saturated rings. The standard InChI is InChI=1S/C33H22N2/c1-3-10-23(11-4-1)26-16-9-17-27(24-12-5-2-6-13-24)32(26)25-18-19-31-30(22-25)28-14-7-8-15-29(28)33-34-20-21-35(31)33/h1-22H. The van der Waals surface area contributed by atoms with E-state index >= 15 is 0 Å². The number of imidazole rings is 1. The Morgan fingerprint density at radius 3 is 1.80 bits per heavy atom. The molecule has 0 saturated carbocycles. The van der Waals surface area contributed by atoms with E-state index in [4.69, 9.17) is 0 Å². The van der Waals surface area contributed by atoms with Crippen LogP contribution in [0.4, 0.5) is 0 Å². The second-order valence-electron chi connectivity index (χ2n) is 8.86. The van der Waals surface area contributed by atoms with Gasteiger partial charge in [0.05, 0.1) is 5.52 Å². The average molecular weight is 447 g/mol. The molecule has 0 aliphatic rings. The predicted octanol–water partition coefficient (Wildman–Crippen LogP) is 8.64. The van der Waals surface area contributed by atoms with Crippen LogP contribution in [0.5, 0.6) is 0 Å². The maximum absolute atomic E-state index is 4.65. The molecule has 2 heterocycles. The van der Waals surface area contributed by atoms with Gasteiger partial charge in [0.15, 0.2) is 0 Å². The van der Waals surface area contributed by atoms with Gasteiger partial charge in [-0.25, -0.2) is 4.98 Å². The van der Waals surface area contributed by atoms with Crippen LogP contribution >= 0.6 is 0 Å². The Kier molecular flexibility index (Phi) is 4.49. The van der Waals surface area contributed by atoms with Crippen molar-refractivity contribution in [1.29, 1.82) is 0 Å². The lowest BCUT2D eigenvalue weighted by atomic mass is 9.87. The van der Waals surface area contributed by atoms with E-state index in [2.05, 4.69) is 137 Å². The minimum Gasteiger partial charge on any atom is -0.299 e. The van der Waals surface area contributed by atoms with Crippen LogP contribution in [0.25, 0.3) is 60.7 Å². The highest BCUT2D eigenvalue weighted by Gasteiger charge is 2.16. The number of aromatic nitrogens is 2. The average Bonchev–Trinajstić information content (AvgIpc) is 3.44. The molecule has 0 radical (unpaired) electrons. The van der Waals surface area contributed by atoms with E-state index < -0.39 is 0 Å². The van der Waals surface area contributed by atoms with Gasteiger partial charge in [-0.3, -0.25) is 4.40 Å². The summed E-state index contributed by atoms with van der Waals surface area (Å²) in [5.74, 6) is 0. The first-order valence-corrected chi connectivity index (χ1v) is 11.9. The molecule has 2 aromatic heterocycles. The molecule has 7 aromatic rings. The van der Waals surface area contributed by atoms with E-state index in [1.807, 2.05) is 6.20 Å². The summed E-state index contributed by atoms with van der Waals surface area (Å²) in [6, 6.07) is 43.4. The highest BCUT2D eigenvalue weighted by atomic mass is 15.0. The molecule has 0 bridgehead atoms. The van der Waals surface area contributed by atoms with Gasteiger partial charge < -0.3 is 0 Å². The van der Waals surface area contributed by atoms with Crippen LogP contribution in [0.15, 0.2) is 134 Å². The summed E-state index contributed by atoms with van der Waals surface area (Å²) in [7, 11) is 0. The number of benzene rings is 5. The van der Waals surface area contributed by atoms with Crippen LogP contribution in [0.1, 0.15) is 0 Å². The minimum atomic E-state index is 0.996. The smallest absolute Gasteiger partial charge is 0.145 e. The number of nitrogens with zero attached hydrogens (tertiary/aromatic N) is 2. The lowest BCUT2D eigenvalue weighted by Crippen LogP contribution is -1.93. The van der Waals surface area contributed by atoms with Crippen molar-refractivity contribution in [1.82, 2.24) is 9.38 Å². The fourth-order valence-corrected chi connectivity index (χ4v) is 5.31. The van der Waals surface area contributed by atoms with Crippen molar-refractivity contribution in [3.8, 4) is 33.4 Å². The molecule has 0 spiro atoms. The van der Waals surface area contributed by atoms with E-state index in [-0.39, 0.29) is 0 Å². The van der Waals surface area contributed by atoms with Gasteiger partial charge in [0.1, 0.15) is 5.65 Å². The van der Waals surface area contributed by atoms with Crippen LogP contribution in [0.3, 0.4) is 0 Å². The fraction of sp³-hybridized carbons (Fsp3) is 0. The zero-order chi connectivity index (χ0) is 23.2. The molecule has 0 atom stereocenters. The largest absolute Gasteiger partial charge is 0.299 e. The number of hydrogen-bond acceptors (Lipinski definition) is 1. The molecular formula is C33H22N2. The third kappa shape index (κ3) is 3.15. The van der Waals surface area contributed by atoms with Gasteiger partial charge in [-0.05, 0) is 50.9 Å². The lowest BCUT2D eigenvalue weighted by molar-refractivity contribution is 1.27. The zero-order valence-electron chi connectivity index (χ0n) is 19.1. The number of pyridine rings is 1. The van der Waals surface area contributed by atoms with Gasteiger partial charge in [-0.2, -0.15) is 0 Å². The second-order valence-corrected chi connectivity index (χ2v) is 8.86. The van der Waals surface area contributed by atoms with Gasteiger partial charge in [-0.1, -0.05) is 109 Å². The van der Waals surface area contributed by atoms with Crippen molar-refractivity contribution in [3.05, 3.63) is 134 Å². The fourth-order valence-electron chi connectivity index (χ4n) is 5.31. The normalized spacial score (nSPS) is 11.4. The van der Waals surface area contributed by atoms with E-state index in [9.17, 15) is 0 Å². The Morgan fingerprint density at radius 1 is 0.486 bits per heavy atom. The van der Waals surface area contributed by atoms with Crippen LogP contribution in [0.2, 0.25) is 0 Å². The molecular weight excluding hydrogens is 424 g/mol. The van der Waals surface area contributed by atoms with Crippen molar-refractivity contribution in [3.63, 3.8) is 0 Å². The number of fused-ring (bicyclic) bond motifs is 6. The lowest BCUT2D eigenvalue weighted by Gasteiger charge is -2.17. The Hall–Kier alpha value is -4.69. The summed E-state index contributed by atoms with van der Waals surface area (Å²) in [5, 5.41) is 3.62. The quantitative estimate of drug-likeness (QED) is 0.248. The maximum atomic E-state index is 4.65. The van der Waals surface area contributed by atoms with E-state index in [1.54, 1.807) is 0 Å². The van der Waals surface area contributed by atoms with Gasteiger partial charge in [0.25, 0.3) is 0 Å². The van der Waals surface area contributed by atoms with Crippen molar-refractivity contribution < 1.29 is 0 Å². The van der Waals surface area contributed by atoms with E-state index in [0.717, 1.165) is 5.65 Å². The molecule has 0 saturated heterocycles. The first kappa shape index (κ1) is 19.7. The molecule has 0 amide bonds. The summed E-state index contributed by atoms with van der Waals surface area (Å²) in [4.78, 5) is 4.65. The molecule has 2 nitrogen and oxygen atoms in total. The van der Waals surface area contributed by atoms with Crippen LogP contribution in [-0.2, 0) is 0 Å². The van der Waals surface area contributed by atoms with Crippen molar-refractivity contribution in [2.24, 2.45) is 0 Å². The summed E-state index contributed by atoms with van der Waals surface area (Å²) in [5.41, 5.74) is 9.53. The minimum absolute atomic E-state index is 0.996.